The van der Waals surface area contributed by atoms with Crippen molar-refractivity contribution in [3.63, 3.8) is 0 Å². The van der Waals surface area contributed by atoms with Crippen LogP contribution in [0.5, 0.6) is 11.5 Å². The number of anilines is 1. The highest BCUT2D eigenvalue weighted by atomic mass is 19.4. The molecule has 0 saturated heterocycles. The zero-order valence-corrected chi connectivity index (χ0v) is 11.1. The molecule has 0 aliphatic carbocycles. The number of aromatic nitrogens is 1. The van der Waals surface area contributed by atoms with Crippen molar-refractivity contribution in [3.05, 3.63) is 47.8 Å². The van der Waals surface area contributed by atoms with Gasteiger partial charge in [-0.3, -0.25) is 4.98 Å². The first-order chi connectivity index (χ1) is 9.87. The summed E-state index contributed by atoms with van der Waals surface area (Å²) in [6, 6.07) is 7.40. The van der Waals surface area contributed by atoms with E-state index in [1.54, 1.807) is 25.3 Å². The topological polar surface area (TPSA) is 57.4 Å². The molecule has 21 heavy (non-hydrogen) atoms. The molecule has 0 spiro atoms. The Balaban J connectivity index is 2.21. The molecule has 0 saturated carbocycles. The maximum absolute atomic E-state index is 12.4. The van der Waals surface area contributed by atoms with Gasteiger partial charge in [-0.1, -0.05) is 6.07 Å². The summed E-state index contributed by atoms with van der Waals surface area (Å²) in [7, 11) is 0. The van der Waals surface area contributed by atoms with E-state index < -0.39 is 6.36 Å². The monoisotopic (exact) mass is 298 g/mol. The lowest BCUT2D eigenvalue weighted by atomic mass is 10.1. The fourth-order valence-corrected chi connectivity index (χ4v) is 1.73. The van der Waals surface area contributed by atoms with Gasteiger partial charge in [0.05, 0.1) is 11.3 Å². The molecule has 0 unspecified atom stereocenters. The Kier molecular flexibility index (Phi) is 4.21. The number of hydrogen-bond donors (Lipinski definition) is 1. The van der Waals surface area contributed by atoms with E-state index in [-0.39, 0.29) is 23.6 Å². The highest BCUT2D eigenvalue weighted by Crippen LogP contribution is 2.31. The number of hydrogen-bond acceptors (Lipinski definition) is 4. The van der Waals surface area contributed by atoms with Crippen LogP contribution in [0.1, 0.15) is 11.3 Å². The van der Waals surface area contributed by atoms with Gasteiger partial charge in [0, 0.05) is 11.9 Å². The molecular weight excluding hydrogens is 285 g/mol. The molecule has 2 rings (SSSR count). The van der Waals surface area contributed by atoms with Crippen LogP contribution in [0.4, 0.5) is 18.9 Å². The summed E-state index contributed by atoms with van der Waals surface area (Å²) in [6.45, 7) is 1.58. The van der Waals surface area contributed by atoms with Crippen molar-refractivity contribution in [3.8, 4) is 11.5 Å². The molecule has 4 nitrogen and oxygen atoms in total. The minimum absolute atomic E-state index is 0.137. The second-order valence-electron chi connectivity index (χ2n) is 4.25. The van der Waals surface area contributed by atoms with Crippen molar-refractivity contribution in [2.45, 2.75) is 19.9 Å². The average Bonchev–Trinajstić information content (AvgIpc) is 2.38. The Bertz CT molecular complexity index is 630. The van der Waals surface area contributed by atoms with Gasteiger partial charge in [0.2, 0.25) is 0 Å². The van der Waals surface area contributed by atoms with Crippen molar-refractivity contribution in [1.29, 1.82) is 0 Å². The third-order valence-electron chi connectivity index (χ3n) is 2.73. The van der Waals surface area contributed by atoms with Crippen LogP contribution in [0.25, 0.3) is 0 Å². The Morgan fingerprint density at radius 1 is 1.14 bits per heavy atom. The fraction of sp³-hybridized carbons (Fsp3) is 0.214. The number of rotatable bonds is 4. The number of alkyl halides is 3. The molecule has 2 N–H and O–H groups in total. The van der Waals surface area contributed by atoms with Crippen LogP contribution in [-0.2, 0) is 6.61 Å². The number of ether oxygens (including phenoxy) is 2. The second-order valence-corrected chi connectivity index (χ2v) is 4.25. The first kappa shape index (κ1) is 15.0. The Morgan fingerprint density at radius 3 is 2.52 bits per heavy atom. The Morgan fingerprint density at radius 2 is 1.86 bits per heavy atom. The van der Waals surface area contributed by atoms with E-state index in [4.69, 9.17) is 10.5 Å². The number of aryl methyl sites for hydroxylation is 1. The summed E-state index contributed by atoms with van der Waals surface area (Å²) in [4.78, 5) is 4.03. The van der Waals surface area contributed by atoms with Crippen LogP contribution in [0.15, 0.2) is 36.5 Å². The van der Waals surface area contributed by atoms with E-state index in [2.05, 4.69) is 9.72 Å². The van der Waals surface area contributed by atoms with Gasteiger partial charge in [0.25, 0.3) is 0 Å². The maximum Gasteiger partial charge on any atom is 0.573 e. The van der Waals surface area contributed by atoms with Crippen molar-refractivity contribution < 1.29 is 22.6 Å². The number of pyridine rings is 1. The van der Waals surface area contributed by atoms with Gasteiger partial charge in [0.15, 0.2) is 0 Å². The Hall–Kier alpha value is -2.44. The molecule has 1 aromatic carbocycles. The minimum atomic E-state index is -4.78. The zero-order chi connectivity index (χ0) is 15.5. The molecule has 0 amide bonds. The van der Waals surface area contributed by atoms with E-state index in [0.717, 1.165) is 0 Å². The van der Waals surface area contributed by atoms with Crippen molar-refractivity contribution in [2.75, 3.05) is 5.73 Å². The van der Waals surface area contributed by atoms with Gasteiger partial charge in [-0.15, -0.1) is 13.2 Å². The van der Waals surface area contributed by atoms with Gasteiger partial charge in [-0.05, 0) is 31.2 Å². The summed E-state index contributed by atoms with van der Waals surface area (Å²) in [5.41, 5.74) is 6.63. The summed E-state index contributed by atoms with van der Waals surface area (Å²) in [5, 5.41) is 0. The third kappa shape index (κ3) is 4.01. The third-order valence-corrected chi connectivity index (χ3v) is 2.73. The molecule has 2 aromatic rings. The molecule has 1 heterocycles. The van der Waals surface area contributed by atoms with Crippen molar-refractivity contribution in [1.82, 2.24) is 4.98 Å². The first-order valence-corrected chi connectivity index (χ1v) is 6.04. The molecule has 7 heteroatoms. The summed E-state index contributed by atoms with van der Waals surface area (Å²) in [6.07, 6.45) is -3.19. The van der Waals surface area contributed by atoms with Gasteiger partial charge in [0.1, 0.15) is 18.1 Å². The smallest absolute Gasteiger partial charge is 0.487 e. The number of nitrogen functional groups attached to an aromatic ring is 1. The predicted octanol–water partition coefficient (Wildman–Crippen LogP) is 3.45. The molecular formula is C14H13F3N2O2. The minimum Gasteiger partial charge on any atom is -0.487 e. The highest BCUT2D eigenvalue weighted by molar-refractivity contribution is 5.54. The lowest BCUT2D eigenvalue weighted by Crippen LogP contribution is -2.19. The molecule has 0 aliphatic heterocycles. The normalized spacial score (nSPS) is 11.2. The molecule has 0 atom stereocenters. The maximum atomic E-state index is 12.4. The van der Waals surface area contributed by atoms with E-state index >= 15 is 0 Å². The van der Waals surface area contributed by atoms with E-state index in [9.17, 15) is 13.2 Å². The van der Waals surface area contributed by atoms with Gasteiger partial charge in [-0.25, -0.2) is 0 Å². The second kappa shape index (κ2) is 5.90. The number of nitrogens with zero attached hydrogens (tertiary/aromatic N) is 1. The zero-order valence-electron chi connectivity index (χ0n) is 11.1. The fourth-order valence-electron chi connectivity index (χ4n) is 1.73. The number of nitrogens with two attached hydrogens (primary N) is 1. The van der Waals surface area contributed by atoms with E-state index in [1.165, 1.54) is 18.2 Å². The standard InChI is InChI=1S/C14H13F3N2O2/c1-9-12(6-3-7-19-9)20-8-10-11(18)4-2-5-13(10)21-14(15,16)17/h2-7H,8,18H2,1H3. The largest absolute Gasteiger partial charge is 0.573 e. The molecule has 0 radical (unpaired) electrons. The van der Waals surface area contributed by atoms with Crippen LogP contribution in [0.2, 0.25) is 0 Å². The van der Waals surface area contributed by atoms with Crippen LogP contribution < -0.4 is 15.2 Å². The molecule has 0 fully saturated rings. The van der Waals surface area contributed by atoms with Gasteiger partial charge in [-0.2, -0.15) is 0 Å². The van der Waals surface area contributed by atoms with Gasteiger partial charge < -0.3 is 15.2 Å². The van der Waals surface area contributed by atoms with Crippen LogP contribution >= 0.6 is 0 Å². The molecule has 112 valence electrons. The average molecular weight is 298 g/mol. The van der Waals surface area contributed by atoms with E-state index in [0.29, 0.717) is 11.4 Å². The Labute approximate surface area is 119 Å². The quantitative estimate of drug-likeness (QED) is 0.878. The molecule has 1 aromatic heterocycles. The summed E-state index contributed by atoms with van der Waals surface area (Å²) in [5.74, 6) is 0.0998. The molecule has 0 bridgehead atoms. The lowest BCUT2D eigenvalue weighted by molar-refractivity contribution is -0.275. The van der Waals surface area contributed by atoms with Crippen LogP contribution in [0.3, 0.4) is 0 Å². The SMILES string of the molecule is Cc1ncccc1OCc1c(N)cccc1OC(F)(F)F. The first-order valence-electron chi connectivity index (χ1n) is 6.04. The van der Waals surface area contributed by atoms with Crippen LogP contribution in [0, 0.1) is 6.92 Å². The number of halogens is 3. The van der Waals surface area contributed by atoms with Crippen LogP contribution in [-0.4, -0.2) is 11.3 Å². The summed E-state index contributed by atoms with van der Waals surface area (Å²) < 4.78 is 46.5. The van der Waals surface area contributed by atoms with E-state index in [1.807, 2.05) is 0 Å². The summed E-state index contributed by atoms with van der Waals surface area (Å²) >= 11 is 0. The van der Waals surface area contributed by atoms with Gasteiger partial charge >= 0.3 is 6.36 Å². The lowest BCUT2D eigenvalue weighted by Gasteiger charge is -2.16. The van der Waals surface area contributed by atoms with Crippen molar-refractivity contribution >= 4 is 5.69 Å². The predicted molar refractivity (Wildman–Crippen MR) is 70.8 cm³/mol. The molecule has 0 aliphatic rings. The van der Waals surface area contributed by atoms with Crippen molar-refractivity contribution in [2.24, 2.45) is 0 Å². The highest BCUT2D eigenvalue weighted by Gasteiger charge is 2.32. The number of benzene rings is 1.